The maximum Gasteiger partial charge on any atom is 0.0733 e. The second-order valence-corrected chi connectivity index (χ2v) is 3.00. The van der Waals surface area contributed by atoms with Crippen LogP contribution in [0.4, 0.5) is 11.4 Å². The minimum atomic E-state index is 0. The number of halogens is 2. The average molecular weight is 269 g/mol. The number of ether oxygens (including phenoxy) is 1. The molecule has 0 fully saturated rings. The molecule has 0 aromatic heterocycles. The predicted octanol–water partition coefficient (Wildman–Crippen LogP) is 1.66. The molecule has 94 valence electrons. The van der Waals surface area contributed by atoms with E-state index in [1.165, 1.54) is 0 Å². The number of hydrogen-bond donors (Lipinski definition) is 3. The predicted molar refractivity (Wildman–Crippen MR) is 71.6 cm³/mol. The van der Waals surface area contributed by atoms with Gasteiger partial charge in [0, 0.05) is 30.6 Å². The molecule has 0 amide bonds. The Hall–Kier alpha value is -0.680. The van der Waals surface area contributed by atoms with E-state index in [1.54, 1.807) is 7.11 Å². The highest BCUT2D eigenvalue weighted by atomic mass is 35.5. The normalized spacial score (nSPS) is 8.88. The number of hydrogen-bond acceptors (Lipinski definition) is 4. The van der Waals surface area contributed by atoms with Crippen molar-refractivity contribution in [1.29, 1.82) is 0 Å². The SMILES string of the molecule is COCc1cc(N)ccc1NCCO.Cl.Cl. The van der Waals surface area contributed by atoms with Gasteiger partial charge in [-0.15, -0.1) is 24.8 Å². The molecule has 0 radical (unpaired) electrons. The minimum absolute atomic E-state index is 0. The van der Waals surface area contributed by atoms with Crippen LogP contribution in [0.1, 0.15) is 5.56 Å². The van der Waals surface area contributed by atoms with Crippen molar-refractivity contribution in [1.82, 2.24) is 0 Å². The molecule has 0 aliphatic rings. The van der Waals surface area contributed by atoms with E-state index in [9.17, 15) is 0 Å². The van der Waals surface area contributed by atoms with Crippen LogP contribution in [0, 0.1) is 0 Å². The van der Waals surface area contributed by atoms with E-state index in [1.807, 2.05) is 18.2 Å². The molecule has 0 saturated heterocycles. The van der Waals surface area contributed by atoms with Crippen LogP contribution in [0.2, 0.25) is 0 Å². The number of nitrogens with one attached hydrogen (secondary N) is 1. The zero-order valence-corrected chi connectivity index (χ0v) is 10.7. The Labute approximate surface area is 108 Å². The maximum absolute atomic E-state index is 8.68. The lowest BCUT2D eigenvalue weighted by molar-refractivity contribution is 0.185. The summed E-state index contributed by atoms with van der Waals surface area (Å²) in [6.07, 6.45) is 0. The highest BCUT2D eigenvalue weighted by Crippen LogP contribution is 2.19. The summed E-state index contributed by atoms with van der Waals surface area (Å²) >= 11 is 0. The number of nitrogen functional groups attached to an aromatic ring is 1. The van der Waals surface area contributed by atoms with Crippen LogP contribution in [0.25, 0.3) is 0 Å². The second kappa shape index (κ2) is 9.54. The van der Waals surface area contributed by atoms with Crippen molar-refractivity contribution in [3.63, 3.8) is 0 Å². The first-order valence-corrected chi connectivity index (χ1v) is 4.50. The number of benzene rings is 1. The van der Waals surface area contributed by atoms with E-state index < -0.39 is 0 Å². The van der Waals surface area contributed by atoms with Crippen LogP contribution in [-0.2, 0) is 11.3 Å². The zero-order chi connectivity index (χ0) is 10.4. The van der Waals surface area contributed by atoms with Gasteiger partial charge in [0.15, 0.2) is 0 Å². The number of methoxy groups -OCH3 is 1. The second-order valence-electron chi connectivity index (χ2n) is 3.00. The summed E-state index contributed by atoms with van der Waals surface area (Å²) in [7, 11) is 1.64. The standard InChI is InChI=1S/C10H16N2O2.2ClH/c1-14-7-8-6-9(11)2-3-10(8)12-4-5-13;;/h2-3,6,12-13H,4-5,7,11H2,1H3;2*1H. The minimum Gasteiger partial charge on any atom is -0.399 e. The lowest BCUT2D eigenvalue weighted by Crippen LogP contribution is -2.08. The zero-order valence-electron chi connectivity index (χ0n) is 9.10. The molecule has 1 aromatic carbocycles. The van der Waals surface area contributed by atoms with Crippen molar-refractivity contribution in [2.24, 2.45) is 0 Å². The molecule has 4 N–H and O–H groups in total. The molecular formula is C10H18Cl2N2O2. The molecule has 1 rings (SSSR count). The number of aliphatic hydroxyl groups is 1. The molecule has 0 heterocycles. The average Bonchev–Trinajstić information content (AvgIpc) is 2.17. The summed E-state index contributed by atoms with van der Waals surface area (Å²) in [6.45, 7) is 1.15. The molecule has 0 spiro atoms. The third-order valence-corrected chi connectivity index (χ3v) is 1.86. The van der Waals surface area contributed by atoms with Crippen LogP contribution in [-0.4, -0.2) is 25.4 Å². The first-order valence-electron chi connectivity index (χ1n) is 4.50. The van der Waals surface area contributed by atoms with Gasteiger partial charge in [0.1, 0.15) is 0 Å². The van der Waals surface area contributed by atoms with Crippen molar-refractivity contribution in [3.8, 4) is 0 Å². The van der Waals surface area contributed by atoms with Gasteiger partial charge in [-0.2, -0.15) is 0 Å². The van der Waals surface area contributed by atoms with Crippen molar-refractivity contribution in [3.05, 3.63) is 23.8 Å². The lowest BCUT2D eigenvalue weighted by atomic mass is 10.1. The molecule has 6 heteroatoms. The fourth-order valence-electron chi connectivity index (χ4n) is 1.25. The van der Waals surface area contributed by atoms with Crippen LogP contribution >= 0.6 is 24.8 Å². The van der Waals surface area contributed by atoms with Crippen molar-refractivity contribution in [2.75, 3.05) is 31.3 Å². The Morgan fingerprint density at radius 3 is 2.62 bits per heavy atom. The highest BCUT2D eigenvalue weighted by molar-refractivity contribution is 5.85. The fraction of sp³-hybridized carbons (Fsp3) is 0.400. The van der Waals surface area contributed by atoms with Crippen LogP contribution in [0.5, 0.6) is 0 Å². The molecule has 0 aliphatic carbocycles. The molecule has 0 atom stereocenters. The number of rotatable bonds is 5. The van der Waals surface area contributed by atoms with E-state index in [0.717, 1.165) is 11.3 Å². The van der Waals surface area contributed by atoms with Gasteiger partial charge >= 0.3 is 0 Å². The Kier molecular flexibility index (Phi) is 10.6. The Balaban J connectivity index is 0. The molecule has 0 unspecified atom stereocenters. The van der Waals surface area contributed by atoms with E-state index in [0.29, 0.717) is 18.8 Å². The van der Waals surface area contributed by atoms with Gasteiger partial charge < -0.3 is 20.9 Å². The molecule has 16 heavy (non-hydrogen) atoms. The summed E-state index contributed by atoms with van der Waals surface area (Å²) in [5.41, 5.74) is 8.32. The summed E-state index contributed by atoms with van der Waals surface area (Å²) < 4.78 is 5.05. The van der Waals surface area contributed by atoms with E-state index in [4.69, 9.17) is 15.6 Å². The number of aliphatic hydroxyl groups excluding tert-OH is 1. The van der Waals surface area contributed by atoms with Gasteiger partial charge in [0.05, 0.1) is 13.2 Å². The maximum atomic E-state index is 8.68. The van der Waals surface area contributed by atoms with Crippen molar-refractivity contribution < 1.29 is 9.84 Å². The summed E-state index contributed by atoms with van der Waals surface area (Å²) in [5.74, 6) is 0. The third-order valence-electron chi connectivity index (χ3n) is 1.86. The third kappa shape index (κ3) is 5.42. The van der Waals surface area contributed by atoms with Crippen LogP contribution in [0.3, 0.4) is 0 Å². The summed E-state index contributed by atoms with van der Waals surface area (Å²) in [6, 6.07) is 5.57. The number of anilines is 2. The highest BCUT2D eigenvalue weighted by Gasteiger charge is 2.01. The van der Waals surface area contributed by atoms with E-state index >= 15 is 0 Å². The fourth-order valence-corrected chi connectivity index (χ4v) is 1.25. The Morgan fingerprint density at radius 1 is 1.38 bits per heavy atom. The van der Waals surface area contributed by atoms with Gasteiger partial charge in [-0.25, -0.2) is 0 Å². The molecule has 1 aromatic rings. The Morgan fingerprint density at radius 2 is 2.06 bits per heavy atom. The molecule has 0 saturated carbocycles. The van der Waals surface area contributed by atoms with Crippen LogP contribution in [0.15, 0.2) is 18.2 Å². The van der Waals surface area contributed by atoms with Gasteiger partial charge in [0.2, 0.25) is 0 Å². The van der Waals surface area contributed by atoms with Gasteiger partial charge in [-0.3, -0.25) is 0 Å². The first-order chi connectivity index (χ1) is 6.77. The van der Waals surface area contributed by atoms with Gasteiger partial charge in [-0.1, -0.05) is 0 Å². The quantitative estimate of drug-likeness (QED) is 0.711. The van der Waals surface area contributed by atoms with Crippen molar-refractivity contribution >= 4 is 36.2 Å². The van der Waals surface area contributed by atoms with E-state index in [2.05, 4.69) is 5.32 Å². The Bertz CT molecular complexity index is 298. The molecule has 0 bridgehead atoms. The lowest BCUT2D eigenvalue weighted by Gasteiger charge is -2.11. The number of nitrogens with two attached hydrogens (primary N) is 1. The topological polar surface area (TPSA) is 67.5 Å². The molecule has 0 aliphatic heterocycles. The largest absolute Gasteiger partial charge is 0.399 e. The van der Waals surface area contributed by atoms with Crippen LogP contribution < -0.4 is 11.1 Å². The first kappa shape index (κ1) is 17.7. The molecule has 4 nitrogen and oxygen atoms in total. The van der Waals surface area contributed by atoms with Crippen molar-refractivity contribution in [2.45, 2.75) is 6.61 Å². The summed E-state index contributed by atoms with van der Waals surface area (Å²) in [5, 5.41) is 11.8. The smallest absolute Gasteiger partial charge is 0.0733 e. The van der Waals surface area contributed by atoms with Gasteiger partial charge in [-0.05, 0) is 18.2 Å². The molecular weight excluding hydrogens is 251 g/mol. The van der Waals surface area contributed by atoms with Gasteiger partial charge in [0.25, 0.3) is 0 Å². The van der Waals surface area contributed by atoms with E-state index in [-0.39, 0.29) is 31.4 Å². The monoisotopic (exact) mass is 268 g/mol. The summed E-state index contributed by atoms with van der Waals surface area (Å²) in [4.78, 5) is 0.